The van der Waals surface area contributed by atoms with Crippen molar-refractivity contribution in [3.05, 3.63) is 59.9 Å². The van der Waals surface area contributed by atoms with Gasteiger partial charge in [-0.1, -0.05) is 37.3 Å². The molecule has 1 unspecified atom stereocenters. The smallest absolute Gasteiger partial charge is 0.272 e. The summed E-state index contributed by atoms with van der Waals surface area (Å²) in [5.74, 6) is 0.703. The number of carbonyl (C=O) groups is 1. The van der Waals surface area contributed by atoms with E-state index in [1.54, 1.807) is 0 Å². The summed E-state index contributed by atoms with van der Waals surface area (Å²) in [4.78, 5) is 21.7. The van der Waals surface area contributed by atoms with Crippen LogP contribution >= 0.6 is 0 Å². The zero-order chi connectivity index (χ0) is 18.5. The van der Waals surface area contributed by atoms with Gasteiger partial charge in [0, 0.05) is 25.7 Å². The Morgan fingerprint density at radius 3 is 2.62 bits per heavy atom. The molecule has 4 heteroatoms. The molecule has 0 radical (unpaired) electrons. The molecule has 1 atom stereocenters. The molecule has 0 saturated carbocycles. The Kier molecular flexibility index (Phi) is 5.92. The number of benzene rings is 1. The minimum Gasteiger partial charge on any atom is -0.370 e. The van der Waals surface area contributed by atoms with Crippen LogP contribution < -0.4 is 4.90 Å². The van der Waals surface area contributed by atoms with E-state index < -0.39 is 0 Å². The maximum atomic E-state index is 13.0. The number of hydrogen-bond donors (Lipinski definition) is 0. The lowest BCUT2D eigenvalue weighted by molar-refractivity contribution is 0.0684. The summed E-state index contributed by atoms with van der Waals surface area (Å²) in [6.07, 6.45) is 4.37. The van der Waals surface area contributed by atoms with Crippen LogP contribution in [0, 0.1) is 5.92 Å². The molecule has 2 heterocycles. The monoisotopic (exact) mass is 351 g/mol. The standard InChI is InChI=1S/C22H29N3O/c1-17(2)25(16-19-9-5-4-6-10-19)22(26)21-12-11-20(14-23-21)24-13-7-8-18(3)15-24/h4-6,9-12,14,17-18H,7-8,13,15-16H2,1-3H3. The SMILES string of the molecule is CC1CCCN(c2ccc(C(=O)N(Cc3ccccc3)C(C)C)nc2)C1. The number of hydrogen-bond acceptors (Lipinski definition) is 3. The molecule has 1 aromatic heterocycles. The van der Waals surface area contributed by atoms with Crippen molar-refractivity contribution in [3.63, 3.8) is 0 Å². The second-order valence-corrected chi connectivity index (χ2v) is 7.61. The molecule has 2 aromatic rings. The van der Waals surface area contributed by atoms with Crippen molar-refractivity contribution in [2.75, 3.05) is 18.0 Å². The van der Waals surface area contributed by atoms with Crippen molar-refractivity contribution < 1.29 is 4.79 Å². The van der Waals surface area contributed by atoms with Crippen molar-refractivity contribution in [1.29, 1.82) is 0 Å². The summed E-state index contributed by atoms with van der Waals surface area (Å²) in [7, 11) is 0. The van der Waals surface area contributed by atoms with Gasteiger partial charge < -0.3 is 9.80 Å². The Morgan fingerprint density at radius 1 is 1.23 bits per heavy atom. The van der Waals surface area contributed by atoms with Gasteiger partial charge in [0.1, 0.15) is 5.69 Å². The minimum atomic E-state index is -0.0117. The topological polar surface area (TPSA) is 36.4 Å². The number of amides is 1. The first-order valence-corrected chi connectivity index (χ1v) is 9.60. The molecular formula is C22H29N3O. The van der Waals surface area contributed by atoms with Gasteiger partial charge >= 0.3 is 0 Å². The summed E-state index contributed by atoms with van der Waals surface area (Å²) in [6, 6.07) is 14.1. The first kappa shape index (κ1) is 18.4. The molecule has 1 saturated heterocycles. The maximum Gasteiger partial charge on any atom is 0.272 e. The zero-order valence-electron chi connectivity index (χ0n) is 16.1. The Hall–Kier alpha value is -2.36. The fourth-order valence-corrected chi connectivity index (χ4v) is 3.54. The van der Waals surface area contributed by atoms with Crippen molar-refractivity contribution in [2.45, 2.75) is 46.2 Å². The van der Waals surface area contributed by atoms with Crippen LogP contribution in [0.3, 0.4) is 0 Å². The number of carbonyl (C=O) groups excluding carboxylic acids is 1. The van der Waals surface area contributed by atoms with Crippen LogP contribution in [0.4, 0.5) is 5.69 Å². The Bertz CT molecular complexity index is 712. The van der Waals surface area contributed by atoms with Crippen LogP contribution in [0.1, 0.15) is 49.7 Å². The van der Waals surface area contributed by atoms with Gasteiger partial charge in [-0.3, -0.25) is 4.79 Å². The number of pyridine rings is 1. The number of nitrogens with zero attached hydrogens (tertiary/aromatic N) is 3. The van der Waals surface area contributed by atoms with Gasteiger partial charge in [0.2, 0.25) is 0 Å². The van der Waals surface area contributed by atoms with Crippen molar-refractivity contribution in [1.82, 2.24) is 9.88 Å². The predicted molar refractivity (Wildman–Crippen MR) is 106 cm³/mol. The summed E-state index contributed by atoms with van der Waals surface area (Å²) >= 11 is 0. The van der Waals surface area contributed by atoms with Crippen LogP contribution in [0.15, 0.2) is 48.7 Å². The number of piperidine rings is 1. The molecule has 0 aliphatic carbocycles. The molecule has 1 amide bonds. The van der Waals surface area contributed by atoms with Crippen molar-refractivity contribution in [3.8, 4) is 0 Å². The lowest BCUT2D eigenvalue weighted by Crippen LogP contribution is -2.37. The van der Waals surface area contributed by atoms with E-state index in [-0.39, 0.29) is 11.9 Å². The number of anilines is 1. The average molecular weight is 351 g/mol. The fraction of sp³-hybridized carbons (Fsp3) is 0.455. The van der Waals surface area contributed by atoms with E-state index in [1.165, 1.54) is 12.8 Å². The van der Waals surface area contributed by atoms with Crippen molar-refractivity contribution in [2.24, 2.45) is 5.92 Å². The molecule has 4 nitrogen and oxygen atoms in total. The van der Waals surface area contributed by atoms with E-state index in [0.29, 0.717) is 18.2 Å². The van der Waals surface area contributed by atoms with Gasteiger partial charge in [-0.15, -0.1) is 0 Å². The summed E-state index contributed by atoms with van der Waals surface area (Å²) < 4.78 is 0. The van der Waals surface area contributed by atoms with E-state index in [4.69, 9.17) is 0 Å². The normalized spacial score (nSPS) is 17.4. The second kappa shape index (κ2) is 8.35. The largest absolute Gasteiger partial charge is 0.370 e. The van der Waals surface area contributed by atoms with Crippen molar-refractivity contribution >= 4 is 11.6 Å². The quantitative estimate of drug-likeness (QED) is 0.803. The van der Waals surface area contributed by atoms with E-state index in [2.05, 4.69) is 28.9 Å². The third-order valence-corrected chi connectivity index (χ3v) is 5.07. The van der Waals surface area contributed by atoms with Gasteiger partial charge in [0.25, 0.3) is 5.91 Å². The number of aromatic nitrogens is 1. The third-order valence-electron chi connectivity index (χ3n) is 5.07. The highest BCUT2D eigenvalue weighted by molar-refractivity contribution is 5.92. The lowest BCUT2D eigenvalue weighted by atomic mass is 10.00. The molecule has 138 valence electrons. The van der Waals surface area contributed by atoms with Crippen LogP contribution in [-0.4, -0.2) is 34.9 Å². The molecule has 1 aliphatic rings. The molecule has 1 aliphatic heterocycles. The Morgan fingerprint density at radius 2 is 2.00 bits per heavy atom. The zero-order valence-corrected chi connectivity index (χ0v) is 16.1. The minimum absolute atomic E-state index is 0.0117. The highest BCUT2D eigenvalue weighted by atomic mass is 16.2. The molecule has 1 aromatic carbocycles. The Balaban J connectivity index is 1.73. The van der Waals surface area contributed by atoms with E-state index in [1.807, 2.05) is 55.3 Å². The fourth-order valence-electron chi connectivity index (χ4n) is 3.54. The van der Waals surface area contributed by atoms with Crippen LogP contribution in [0.5, 0.6) is 0 Å². The van der Waals surface area contributed by atoms with Gasteiger partial charge in [-0.25, -0.2) is 4.98 Å². The maximum absolute atomic E-state index is 13.0. The van der Waals surface area contributed by atoms with Gasteiger partial charge in [0.15, 0.2) is 0 Å². The first-order valence-electron chi connectivity index (χ1n) is 9.60. The Labute approximate surface area is 156 Å². The number of rotatable bonds is 5. The van der Waals surface area contributed by atoms with Gasteiger partial charge in [-0.2, -0.15) is 0 Å². The highest BCUT2D eigenvalue weighted by Gasteiger charge is 2.21. The van der Waals surface area contributed by atoms with E-state index >= 15 is 0 Å². The van der Waals surface area contributed by atoms with Crippen LogP contribution in [-0.2, 0) is 6.54 Å². The molecular weight excluding hydrogens is 322 g/mol. The molecule has 0 spiro atoms. The highest BCUT2D eigenvalue weighted by Crippen LogP contribution is 2.22. The van der Waals surface area contributed by atoms with E-state index in [0.717, 1.165) is 24.3 Å². The summed E-state index contributed by atoms with van der Waals surface area (Å²) in [5, 5.41) is 0. The second-order valence-electron chi connectivity index (χ2n) is 7.61. The van der Waals surface area contributed by atoms with Gasteiger partial charge in [-0.05, 0) is 50.3 Å². The summed E-state index contributed by atoms with van der Waals surface area (Å²) in [6.45, 7) is 9.13. The predicted octanol–water partition coefficient (Wildman–Crippen LogP) is 4.37. The molecule has 0 N–H and O–H groups in total. The first-order chi connectivity index (χ1) is 12.5. The van der Waals surface area contributed by atoms with Gasteiger partial charge in [0.05, 0.1) is 11.9 Å². The molecule has 0 bridgehead atoms. The van der Waals surface area contributed by atoms with Crippen LogP contribution in [0.2, 0.25) is 0 Å². The van der Waals surface area contributed by atoms with E-state index in [9.17, 15) is 4.79 Å². The van der Waals surface area contributed by atoms with Crippen LogP contribution in [0.25, 0.3) is 0 Å². The lowest BCUT2D eigenvalue weighted by Gasteiger charge is -2.32. The molecule has 1 fully saturated rings. The molecule has 3 rings (SSSR count). The molecule has 26 heavy (non-hydrogen) atoms. The third kappa shape index (κ3) is 4.43. The average Bonchev–Trinajstić information content (AvgIpc) is 2.66. The summed E-state index contributed by atoms with van der Waals surface area (Å²) in [5.41, 5.74) is 2.77.